The highest BCUT2D eigenvalue weighted by atomic mass is 35.5. The molecular formula is C27H19ClN2O2S3. The summed E-state index contributed by atoms with van der Waals surface area (Å²) in [5.74, 6) is -0.299. The molecule has 3 aromatic carbocycles. The lowest BCUT2D eigenvalue weighted by atomic mass is 10.2. The van der Waals surface area contributed by atoms with Crippen LogP contribution in [-0.2, 0) is 9.59 Å². The summed E-state index contributed by atoms with van der Waals surface area (Å²) in [6.07, 6.45) is 5.68. The van der Waals surface area contributed by atoms with Gasteiger partial charge < -0.3 is 0 Å². The molecule has 0 atom stereocenters. The van der Waals surface area contributed by atoms with Crippen LogP contribution in [0.2, 0.25) is 5.02 Å². The maximum Gasteiger partial charge on any atom is 0.266 e. The smallest absolute Gasteiger partial charge is 0.266 e. The lowest BCUT2D eigenvalue weighted by Gasteiger charge is -2.31. The number of nitrogens with zero attached hydrogens (tertiary/aromatic N) is 2. The van der Waals surface area contributed by atoms with Crippen LogP contribution in [0.1, 0.15) is 12.0 Å². The van der Waals surface area contributed by atoms with Crippen LogP contribution in [0.4, 0.5) is 11.4 Å². The average molecular weight is 535 g/mol. The number of hydrogen-bond donors (Lipinski definition) is 0. The fourth-order valence-electron chi connectivity index (χ4n) is 3.83. The van der Waals surface area contributed by atoms with Crippen molar-refractivity contribution in [3.05, 3.63) is 100 Å². The Morgan fingerprint density at radius 3 is 2.51 bits per heavy atom. The number of para-hydroxylation sites is 1. The summed E-state index contributed by atoms with van der Waals surface area (Å²) in [7, 11) is 0. The number of halogens is 1. The molecule has 5 rings (SSSR count). The lowest BCUT2D eigenvalue weighted by Crippen LogP contribution is -2.35. The third-order valence-electron chi connectivity index (χ3n) is 5.50. The summed E-state index contributed by atoms with van der Waals surface area (Å²) in [6.45, 7) is 0.213. The van der Waals surface area contributed by atoms with E-state index in [9.17, 15) is 9.59 Å². The van der Waals surface area contributed by atoms with Gasteiger partial charge in [0.2, 0.25) is 5.91 Å². The Kier molecular flexibility index (Phi) is 7.11. The Morgan fingerprint density at radius 1 is 0.943 bits per heavy atom. The van der Waals surface area contributed by atoms with Gasteiger partial charge in [0.1, 0.15) is 4.32 Å². The van der Waals surface area contributed by atoms with Crippen molar-refractivity contribution in [1.29, 1.82) is 0 Å². The quantitative estimate of drug-likeness (QED) is 0.253. The molecule has 0 saturated carbocycles. The van der Waals surface area contributed by atoms with E-state index in [1.807, 2.05) is 78.9 Å². The highest BCUT2D eigenvalue weighted by Crippen LogP contribution is 2.49. The van der Waals surface area contributed by atoms with E-state index in [-0.39, 0.29) is 24.8 Å². The van der Waals surface area contributed by atoms with Gasteiger partial charge in [0, 0.05) is 27.8 Å². The summed E-state index contributed by atoms with van der Waals surface area (Å²) in [5, 5.41) is 0.562. The zero-order valence-corrected chi connectivity index (χ0v) is 21.6. The number of allylic oxidation sites excluding steroid dienone is 2. The van der Waals surface area contributed by atoms with Crippen LogP contribution in [0.3, 0.4) is 0 Å². The van der Waals surface area contributed by atoms with E-state index in [0.717, 1.165) is 26.7 Å². The molecule has 0 aromatic heterocycles. The third kappa shape index (κ3) is 5.09. The molecule has 2 aliphatic heterocycles. The first-order valence-corrected chi connectivity index (χ1v) is 13.3. The summed E-state index contributed by atoms with van der Waals surface area (Å²) in [5.41, 5.74) is 2.61. The Morgan fingerprint density at radius 2 is 1.69 bits per heavy atom. The fourth-order valence-corrected chi connectivity index (χ4v) is 6.30. The zero-order valence-electron chi connectivity index (χ0n) is 18.4. The van der Waals surface area contributed by atoms with Gasteiger partial charge in [-0.15, -0.1) is 0 Å². The minimum Gasteiger partial charge on any atom is -0.292 e. The van der Waals surface area contributed by atoms with E-state index >= 15 is 0 Å². The number of carbonyl (C=O) groups excluding carboxylic acids is 2. The van der Waals surface area contributed by atoms with Gasteiger partial charge in [-0.1, -0.05) is 102 Å². The van der Waals surface area contributed by atoms with E-state index in [4.69, 9.17) is 23.8 Å². The van der Waals surface area contributed by atoms with Crippen LogP contribution in [0, 0.1) is 0 Å². The molecule has 0 N–H and O–H groups in total. The summed E-state index contributed by atoms with van der Waals surface area (Å²) >= 11 is 14.6. The second kappa shape index (κ2) is 10.4. The van der Waals surface area contributed by atoms with Crippen molar-refractivity contribution in [2.24, 2.45) is 0 Å². The molecule has 1 saturated heterocycles. The first-order valence-electron chi connectivity index (χ1n) is 10.9. The molecule has 174 valence electrons. The summed E-state index contributed by atoms with van der Waals surface area (Å²) < 4.78 is 0.459. The predicted molar refractivity (Wildman–Crippen MR) is 149 cm³/mol. The second-order valence-corrected chi connectivity index (χ2v) is 11.0. The number of fused-ring (bicyclic) bond motifs is 2. The maximum absolute atomic E-state index is 13.5. The van der Waals surface area contributed by atoms with Crippen molar-refractivity contribution in [3.8, 4) is 0 Å². The molecule has 2 heterocycles. The van der Waals surface area contributed by atoms with E-state index in [1.165, 1.54) is 16.7 Å². The van der Waals surface area contributed by atoms with Crippen LogP contribution in [0.5, 0.6) is 0 Å². The molecule has 35 heavy (non-hydrogen) atoms. The molecule has 0 radical (unpaired) electrons. The Labute approximate surface area is 222 Å². The molecule has 3 aromatic rings. The van der Waals surface area contributed by atoms with Crippen molar-refractivity contribution in [1.82, 2.24) is 4.90 Å². The summed E-state index contributed by atoms with van der Waals surface area (Å²) in [6, 6.07) is 23.2. The number of rotatable bonds is 5. The molecule has 0 aliphatic carbocycles. The molecule has 2 amide bonds. The first kappa shape index (κ1) is 23.9. The van der Waals surface area contributed by atoms with E-state index < -0.39 is 0 Å². The molecule has 0 unspecified atom stereocenters. The topological polar surface area (TPSA) is 40.6 Å². The zero-order chi connectivity index (χ0) is 24.4. The lowest BCUT2D eigenvalue weighted by molar-refractivity contribution is -0.123. The van der Waals surface area contributed by atoms with Gasteiger partial charge in [0.05, 0.1) is 16.3 Å². The molecule has 0 spiro atoms. The highest BCUT2D eigenvalue weighted by molar-refractivity contribution is 8.26. The molecular weight excluding hydrogens is 516 g/mol. The van der Waals surface area contributed by atoms with Crippen molar-refractivity contribution in [3.63, 3.8) is 0 Å². The Balaban J connectivity index is 1.31. The van der Waals surface area contributed by atoms with E-state index in [0.29, 0.717) is 14.2 Å². The van der Waals surface area contributed by atoms with Crippen molar-refractivity contribution < 1.29 is 9.59 Å². The molecule has 8 heteroatoms. The van der Waals surface area contributed by atoms with Crippen molar-refractivity contribution >= 4 is 80.9 Å². The summed E-state index contributed by atoms with van der Waals surface area (Å²) in [4.78, 5) is 32.1. The maximum atomic E-state index is 13.5. The number of amides is 2. The molecule has 1 fully saturated rings. The second-order valence-electron chi connectivity index (χ2n) is 7.79. The number of benzene rings is 3. The number of hydrogen-bond acceptors (Lipinski definition) is 5. The average Bonchev–Trinajstić information content (AvgIpc) is 3.13. The van der Waals surface area contributed by atoms with Gasteiger partial charge in [0.15, 0.2) is 0 Å². The monoisotopic (exact) mass is 534 g/mol. The van der Waals surface area contributed by atoms with Crippen LogP contribution in [0.15, 0.2) is 99.6 Å². The van der Waals surface area contributed by atoms with Gasteiger partial charge in [-0.3, -0.25) is 19.4 Å². The van der Waals surface area contributed by atoms with Crippen LogP contribution < -0.4 is 4.90 Å². The Bertz CT molecular complexity index is 1390. The third-order valence-corrected chi connectivity index (χ3v) is 8.26. The molecule has 2 aliphatic rings. The minimum absolute atomic E-state index is 0.122. The molecule has 0 bridgehead atoms. The van der Waals surface area contributed by atoms with Crippen LogP contribution >= 0.6 is 47.3 Å². The largest absolute Gasteiger partial charge is 0.292 e. The van der Waals surface area contributed by atoms with Gasteiger partial charge in [-0.2, -0.15) is 0 Å². The van der Waals surface area contributed by atoms with Crippen molar-refractivity contribution in [2.75, 3.05) is 11.4 Å². The van der Waals surface area contributed by atoms with Gasteiger partial charge in [-0.25, -0.2) is 0 Å². The normalized spacial score (nSPS) is 16.2. The van der Waals surface area contributed by atoms with Crippen LogP contribution in [-0.4, -0.2) is 27.6 Å². The predicted octanol–water partition coefficient (Wildman–Crippen LogP) is 7.32. The first-order chi connectivity index (χ1) is 17.0. The number of thioether (sulfide) groups is 1. The standard InChI is InChI=1S/C27H19ClN2O2S3/c28-19-13-14-23-21(17-19)30(20-10-4-5-11-22(20)34-23)25(31)15-16-29-26(32)24(35-27(29)33)12-6-9-18-7-2-1-3-8-18/h1-14,17H,15-16H2. The number of carbonyl (C=O) groups is 2. The minimum atomic E-state index is -0.177. The van der Waals surface area contributed by atoms with Gasteiger partial charge in [-0.05, 0) is 42.0 Å². The Hall–Kier alpha value is -2.84. The highest BCUT2D eigenvalue weighted by Gasteiger charge is 2.33. The number of anilines is 2. The van der Waals surface area contributed by atoms with E-state index in [1.54, 1.807) is 28.8 Å². The number of thiocarbonyl (C=S) groups is 1. The van der Waals surface area contributed by atoms with Crippen molar-refractivity contribution in [2.45, 2.75) is 16.2 Å². The van der Waals surface area contributed by atoms with Crippen LogP contribution in [0.25, 0.3) is 6.08 Å². The molecule has 4 nitrogen and oxygen atoms in total. The van der Waals surface area contributed by atoms with Gasteiger partial charge >= 0.3 is 0 Å². The van der Waals surface area contributed by atoms with E-state index in [2.05, 4.69) is 0 Å². The van der Waals surface area contributed by atoms with Gasteiger partial charge in [0.25, 0.3) is 5.91 Å². The fraction of sp³-hybridized carbons (Fsp3) is 0.0741. The SMILES string of the molecule is O=C1C(=CC=Cc2ccccc2)SC(=S)N1CCC(=O)N1c2ccccc2Sc2ccc(Cl)cc21.